The molecule has 0 bridgehead atoms. The molecule has 1 aliphatic heterocycles. The quantitative estimate of drug-likeness (QED) is 0.900. The Morgan fingerprint density at radius 2 is 2.19 bits per heavy atom. The summed E-state index contributed by atoms with van der Waals surface area (Å²) < 4.78 is 13.2. The molecule has 6 heteroatoms. The molecule has 2 N–H and O–H groups in total. The number of nitrogens with one attached hydrogen (secondary N) is 2. The number of anilines is 1. The molecule has 1 aromatic carbocycles. The predicted octanol–water partition coefficient (Wildman–Crippen LogP) is 1.72. The summed E-state index contributed by atoms with van der Waals surface area (Å²) in [6.45, 7) is 1.92. The fourth-order valence-electron chi connectivity index (χ4n) is 2.71. The first-order valence-electron chi connectivity index (χ1n) is 7.32. The highest BCUT2D eigenvalue weighted by molar-refractivity contribution is 5.31. The van der Waals surface area contributed by atoms with Crippen molar-refractivity contribution >= 4 is 5.95 Å². The van der Waals surface area contributed by atoms with Crippen molar-refractivity contribution in [2.24, 2.45) is 0 Å². The van der Waals surface area contributed by atoms with Crippen LogP contribution in [-0.4, -0.2) is 41.4 Å². The number of benzene rings is 1. The monoisotopic (exact) mass is 289 g/mol. The minimum atomic E-state index is -0.221. The van der Waals surface area contributed by atoms with Gasteiger partial charge in [0.1, 0.15) is 11.6 Å². The lowest BCUT2D eigenvalue weighted by Gasteiger charge is -2.30. The minimum Gasteiger partial charge on any atom is -0.339 e. The molecule has 0 atom stereocenters. The fourth-order valence-corrected chi connectivity index (χ4v) is 2.71. The summed E-state index contributed by atoms with van der Waals surface area (Å²) in [7, 11) is 2.00. The van der Waals surface area contributed by atoms with Crippen LogP contribution in [0.5, 0.6) is 0 Å². The summed E-state index contributed by atoms with van der Waals surface area (Å²) >= 11 is 0. The number of hydrogen-bond acceptors (Lipinski definition) is 4. The Hall–Kier alpha value is -1.95. The van der Waals surface area contributed by atoms with Crippen LogP contribution in [0.3, 0.4) is 0 Å². The SMILES string of the molecule is CNC1CCN(c2n[nH]c(Cc3cccc(F)c3)n2)CC1. The number of hydrogen-bond donors (Lipinski definition) is 2. The number of H-pyrrole nitrogens is 1. The maximum atomic E-state index is 13.2. The Morgan fingerprint density at radius 3 is 2.90 bits per heavy atom. The molecule has 1 aliphatic rings. The molecule has 0 spiro atoms. The average Bonchev–Trinajstić information content (AvgIpc) is 2.96. The van der Waals surface area contributed by atoms with Crippen LogP contribution >= 0.6 is 0 Å². The van der Waals surface area contributed by atoms with Crippen molar-refractivity contribution in [3.8, 4) is 0 Å². The van der Waals surface area contributed by atoms with E-state index in [1.165, 1.54) is 12.1 Å². The molecule has 112 valence electrons. The highest BCUT2D eigenvalue weighted by Gasteiger charge is 2.20. The van der Waals surface area contributed by atoms with E-state index in [4.69, 9.17) is 0 Å². The lowest BCUT2D eigenvalue weighted by molar-refractivity contribution is 0.439. The van der Waals surface area contributed by atoms with Gasteiger partial charge in [-0.25, -0.2) is 4.39 Å². The van der Waals surface area contributed by atoms with Gasteiger partial charge in [0, 0.05) is 25.6 Å². The molecule has 2 aromatic rings. The van der Waals surface area contributed by atoms with Crippen molar-refractivity contribution in [3.63, 3.8) is 0 Å². The molecule has 1 fully saturated rings. The molecule has 5 nitrogen and oxygen atoms in total. The van der Waals surface area contributed by atoms with Gasteiger partial charge in [0.05, 0.1) is 0 Å². The van der Waals surface area contributed by atoms with Gasteiger partial charge in [0.15, 0.2) is 0 Å². The normalized spacial score (nSPS) is 16.4. The highest BCUT2D eigenvalue weighted by Crippen LogP contribution is 2.17. The van der Waals surface area contributed by atoms with Gasteiger partial charge in [0.2, 0.25) is 5.95 Å². The summed E-state index contributed by atoms with van der Waals surface area (Å²) in [6, 6.07) is 7.17. The zero-order valence-electron chi connectivity index (χ0n) is 12.1. The molecule has 2 heterocycles. The lowest BCUT2D eigenvalue weighted by atomic mass is 10.1. The van der Waals surface area contributed by atoms with Gasteiger partial charge in [-0.3, -0.25) is 5.10 Å². The van der Waals surface area contributed by atoms with Crippen LogP contribution in [0.25, 0.3) is 0 Å². The largest absolute Gasteiger partial charge is 0.339 e. The van der Waals surface area contributed by atoms with E-state index in [0.29, 0.717) is 12.5 Å². The third-order valence-corrected chi connectivity index (χ3v) is 3.97. The van der Waals surface area contributed by atoms with Crippen molar-refractivity contribution in [3.05, 3.63) is 41.5 Å². The van der Waals surface area contributed by atoms with E-state index in [2.05, 4.69) is 25.4 Å². The van der Waals surface area contributed by atoms with Gasteiger partial charge in [-0.05, 0) is 37.6 Å². The first-order valence-corrected chi connectivity index (χ1v) is 7.32. The van der Waals surface area contributed by atoms with Crippen LogP contribution in [-0.2, 0) is 6.42 Å². The molecule has 0 amide bonds. The molecule has 0 aliphatic carbocycles. The summed E-state index contributed by atoms with van der Waals surface area (Å²) in [5.74, 6) is 1.30. The van der Waals surface area contributed by atoms with Crippen LogP contribution in [0, 0.1) is 5.82 Å². The van der Waals surface area contributed by atoms with Crippen LogP contribution in [0.4, 0.5) is 10.3 Å². The lowest BCUT2D eigenvalue weighted by Crippen LogP contribution is -2.41. The van der Waals surface area contributed by atoms with Crippen LogP contribution in [0.15, 0.2) is 24.3 Å². The van der Waals surface area contributed by atoms with E-state index in [1.54, 1.807) is 6.07 Å². The zero-order chi connectivity index (χ0) is 14.7. The first kappa shape index (κ1) is 14.0. The molecule has 3 rings (SSSR count). The molecular formula is C15H20FN5. The Balaban J connectivity index is 1.64. The number of piperidine rings is 1. The van der Waals surface area contributed by atoms with Gasteiger partial charge >= 0.3 is 0 Å². The smallest absolute Gasteiger partial charge is 0.244 e. The molecular weight excluding hydrogens is 269 g/mol. The van der Waals surface area contributed by atoms with Crippen LogP contribution in [0.1, 0.15) is 24.2 Å². The maximum Gasteiger partial charge on any atom is 0.244 e. The second-order valence-corrected chi connectivity index (χ2v) is 5.44. The number of aromatic nitrogens is 3. The first-order chi connectivity index (χ1) is 10.2. The molecule has 0 radical (unpaired) electrons. The molecule has 21 heavy (non-hydrogen) atoms. The minimum absolute atomic E-state index is 0.221. The van der Waals surface area contributed by atoms with Crippen molar-refractivity contribution in [2.75, 3.05) is 25.0 Å². The number of rotatable bonds is 4. The van der Waals surface area contributed by atoms with Crippen molar-refractivity contribution in [1.29, 1.82) is 0 Å². The standard InChI is InChI=1S/C15H20FN5/c1-17-13-5-7-21(8-6-13)15-18-14(19-20-15)10-11-3-2-4-12(16)9-11/h2-4,9,13,17H,5-8,10H2,1H3,(H,18,19,20). The topological polar surface area (TPSA) is 56.8 Å². The van der Waals surface area contributed by atoms with Crippen molar-refractivity contribution in [1.82, 2.24) is 20.5 Å². The van der Waals surface area contributed by atoms with Gasteiger partial charge in [-0.1, -0.05) is 12.1 Å². The summed E-state index contributed by atoms with van der Waals surface area (Å²) in [4.78, 5) is 6.72. The van der Waals surface area contributed by atoms with E-state index >= 15 is 0 Å². The molecule has 1 saturated heterocycles. The van der Waals surface area contributed by atoms with E-state index in [1.807, 2.05) is 13.1 Å². The average molecular weight is 289 g/mol. The number of halogens is 1. The van der Waals surface area contributed by atoms with E-state index in [9.17, 15) is 4.39 Å². The summed E-state index contributed by atoms with van der Waals surface area (Å²) in [6.07, 6.45) is 2.77. The third kappa shape index (κ3) is 3.39. The second-order valence-electron chi connectivity index (χ2n) is 5.44. The predicted molar refractivity (Wildman–Crippen MR) is 79.9 cm³/mol. The van der Waals surface area contributed by atoms with Crippen LogP contribution in [0.2, 0.25) is 0 Å². The second kappa shape index (κ2) is 6.22. The van der Waals surface area contributed by atoms with Gasteiger partial charge in [-0.15, -0.1) is 5.10 Å². The van der Waals surface area contributed by atoms with Gasteiger partial charge < -0.3 is 10.2 Å². The van der Waals surface area contributed by atoms with E-state index < -0.39 is 0 Å². The Labute approximate surface area is 123 Å². The third-order valence-electron chi connectivity index (χ3n) is 3.97. The number of nitrogens with zero attached hydrogens (tertiary/aromatic N) is 3. The Bertz CT molecular complexity index is 589. The zero-order valence-corrected chi connectivity index (χ0v) is 12.1. The molecule has 0 unspecified atom stereocenters. The maximum absolute atomic E-state index is 13.2. The van der Waals surface area contributed by atoms with Gasteiger partial charge in [0.25, 0.3) is 0 Å². The highest BCUT2D eigenvalue weighted by atomic mass is 19.1. The Kier molecular flexibility index (Phi) is 4.15. The summed E-state index contributed by atoms with van der Waals surface area (Å²) in [5, 5.41) is 10.5. The van der Waals surface area contributed by atoms with E-state index in [0.717, 1.165) is 43.3 Å². The van der Waals surface area contributed by atoms with Crippen molar-refractivity contribution in [2.45, 2.75) is 25.3 Å². The number of aromatic amines is 1. The molecule has 1 aromatic heterocycles. The summed E-state index contributed by atoms with van der Waals surface area (Å²) in [5.41, 5.74) is 0.895. The van der Waals surface area contributed by atoms with Crippen LogP contribution < -0.4 is 10.2 Å². The van der Waals surface area contributed by atoms with Gasteiger partial charge in [-0.2, -0.15) is 4.98 Å². The Morgan fingerprint density at radius 1 is 1.38 bits per heavy atom. The van der Waals surface area contributed by atoms with E-state index in [-0.39, 0.29) is 5.82 Å². The van der Waals surface area contributed by atoms with Crippen molar-refractivity contribution < 1.29 is 4.39 Å². The molecule has 0 saturated carbocycles. The fraction of sp³-hybridized carbons (Fsp3) is 0.467.